The van der Waals surface area contributed by atoms with Crippen molar-refractivity contribution in [1.29, 1.82) is 0 Å². The summed E-state index contributed by atoms with van der Waals surface area (Å²) in [6.07, 6.45) is 61.7. The zero-order valence-corrected chi connectivity index (χ0v) is 39.9. The lowest BCUT2D eigenvalue weighted by molar-refractivity contribution is -0.167. The second kappa shape index (κ2) is 49.5. The molecule has 0 aliphatic carbocycles. The monoisotopic (exact) mass is 851 g/mol. The number of hydrogen-bond acceptors (Lipinski definition) is 6. The molecule has 6 nitrogen and oxygen atoms in total. The van der Waals surface area contributed by atoms with Crippen LogP contribution in [0.2, 0.25) is 0 Å². The van der Waals surface area contributed by atoms with E-state index < -0.39 is 6.10 Å². The first kappa shape index (κ1) is 57.9. The van der Waals surface area contributed by atoms with Gasteiger partial charge in [-0.3, -0.25) is 14.4 Å². The Morgan fingerprint density at radius 1 is 0.328 bits per heavy atom. The Morgan fingerprint density at radius 2 is 0.656 bits per heavy atom. The number of rotatable bonds is 45. The van der Waals surface area contributed by atoms with Crippen LogP contribution in [0.5, 0.6) is 0 Å². The summed E-state index contributed by atoms with van der Waals surface area (Å²) in [5.74, 6) is -0.952. The van der Waals surface area contributed by atoms with E-state index in [2.05, 4.69) is 69.4 Å². The lowest BCUT2D eigenvalue weighted by atomic mass is 10.0. The minimum Gasteiger partial charge on any atom is -0.462 e. The third kappa shape index (κ3) is 47.7. The molecule has 0 heterocycles. The van der Waals surface area contributed by atoms with E-state index in [1.807, 2.05) is 24.3 Å². The summed E-state index contributed by atoms with van der Waals surface area (Å²) in [6, 6.07) is 0. The fourth-order valence-electron chi connectivity index (χ4n) is 6.95. The molecule has 0 aromatic rings. The van der Waals surface area contributed by atoms with Crippen molar-refractivity contribution in [3.8, 4) is 0 Å². The predicted molar refractivity (Wildman–Crippen MR) is 261 cm³/mol. The second-order valence-electron chi connectivity index (χ2n) is 16.9. The summed E-state index contributed by atoms with van der Waals surface area (Å²) in [6.45, 7) is 6.47. The maximum absolute atomic E-state index is 12.8. The molecule has 0 amide bonds. The highest BCUT2D eigenvalue weighted by atomic mass is 16.6. The molecule has 1 unspecified atom stereocenters. The Hall–Kier alpha value is -3.15. The molecule has 0 spiro atoms. The van der Waals surface area contributed by atoms with Gasteiger partial charge in [-0.1, -0.05) is 235 Å². The first-order valence-corrected chi connectivity index (χ1v) is 25.5. The van der Waals surface area contributed by atoms with Crippen LogP contribution in [0.3, 0.4) is 0 Å². The van der Waals surface area contributed by atoms with Gasteiger partial charge in [-0.15, -0.1) is 0 Å². The van der Waals surface area contributed by atoms with E-state index in [-0.39, 0.29) is 31.1 Å². The highest BCUT2D eigenvalue weighted by Crippen LogP contribution is 2.15. The fraction of sp³-hybridized carbons (Fsp3) is 0.727. The van der Waals surface area contributed by atoms with Crippen LogP contribution in [0.1, 0.15) is 239 Å². The fourth-order valence-corrected chi connectivity index (χ4v) is 6.95. The average Bonchev–Trinajstić information content (AvgIpc) is 3.26. The number of allylic oxidation sites excluding steroid dienone is 12. The van der Waals surface area contributed by atoms with Gasteiger partial charge in [-0.05, 0) is 57.8 Å². The Bertz CT molecular complexity index is 1160. The van der Waals surface area contributed by atoms with E-state index >= 15 is 0 Å². The van der Waals surface area contributed by atoms with E-state index in [1.54, 1.807) is 0 Å². The molecule has 0 aliphatic rings. The molecule has 6 heteroatoms. The Kier molecular flexibility index (Phi) is 46.9. The van der Waals surface area contributed by atoms with Gasteiger partial charge in [0.15, 0.2) is 6.10 Å². The Balaban J connectivity index is 4.39. The molecule has 0 rings (SSSR count). The minimum atomic E-state index is -0.794. The predicted octanol–water partition coefficient (Wildman–Crippen LogP) is 16.6. The SMILES string of the molecule is CCC\C=C/C=C\C=C/C=C\C=C/CCCCCCCC(=O)OCC(COC(=O)CCC/C=C\CCCCCC)OC(=O)CCCCCCCCCCCCCCCCCC. The average molecular weight is 851 g/mol. The molecular formula is C55H94O6. The number of carbonyl (C=O) groups excluding carboxylic acids is 3. The number of ether oxygens (including phenoxy) is 3. The van der Waals surface area contributed by atoms with Gasteiger partial charge in [0.1, 0.15) is 13.2 Å². The molecule has 0 radical (unpaired) electrons. The van der Waals surface area contributed by atoms with Gasteiger partial charge < -0.3 is 14.2 Å². The summed E-state index contributed by atoms with van der Waals surface area (Å²) in [4.78, 5) is 37.9. The smallest absolute Gasteiger partial charge is 0.306 e. The molecule has 0 N–H and O–H groups in total. The van der Waals surface area contributed by atoms with E-state index in [4.69, 9.17) is 14.2 Å². The van der Waals surface area contributed by atoms with Crippen LogP contribution in [-0.2, 0) is 28.6 Å². The Morgan fingerprint density at radius 3 is 1.11 bits per heavy atom. The van der Waals surface area contributed by atoms with Crippen LogP contribution in [0.4, 0.5) is 0 Å². The van der Waals surface area contributed by atoms with Crippen molar-refractivity contribution in [1.82, 2.24) is 0 Å². The Labute approximate surface area is 376 Å². The van der Waals surface area contributed by atoms with Crippen molar-refractivity contribution in [2.24, 2.45) is 0 Å². The van der Waals surface area contributed by atoms with Gasteiger partial charge in [-0.25, -0.2) is 0 Å². The van der Waals surface area contributed by atoms with Crippen molar-refractivity contribution in [3.05, 3.63) is 72.9 Å². The van der Waals surface area contributed by atoms with Crippen LogP contribution >= 0.6 is 0 Å². The van der Waals surface area contributed by atoms with Gasteiger partial charge >= 0.3 is 17.9 Å². The normalized spacial score (nSPS) is 12.6. The van der Waals surface area contributed by atoms with Crippen LogP contribution in [0.25, 0.3) is 0 Å². The lowest BCUT2D eigenvalue weighted by Gasteiger charge is -2.18. The molecule has 0 aromatic heterocycles. The minimum absolute atomic E-state index is 0.0960. The molecular weight excluding hydrogens is 757 g/mol. The van der Waals surface area contributed by atoms with E-state index in [0.717, 1.165) is 77.0 Å². The number of unbranched alkanes of at least 4 members (excludes halogenated alkanes) is 26. The number of carbonyl (C=O) groups is 3. The van der Waals surface area contributed by atoms with Crippen molar-refractivity contribution < 1.29 is 28.6 Å². The van der Waals surface area contributed by atoms with Gasteiger partial charge in [0.05, 0.1) is 0 Å². The number of esters is 3. The molecule has 0 aliphatic heterocycles. The van der Waals surface area contributed by atoms with Crippen LogP contribution in [0.15, 0.2) is 72.9 Å². The van der Waals surface area contributed by atoms with Crippen LogP contribution in [-0.4, -0.2) is 37.2 Å². The van der Waals surface area contributed by atoms with Crippen molar-refractivity contribution in [2.75, 3.05) is 13.2 Å². The maximum atomic E-state index is 12.8. The molecule has 0 saturated heterocycles. The van der Waals surface area contributed by atoms with Crippen molar-refractivity contribution in [3.63, 3.8) is 0 Å². The summed E-state index contributed by atoms with van der Waals surface area (Å²) < 4.78 is 16.7. The van der Waals surface area contributed by atoms with Gasteiger partial charge in [0, 0.05) is 19.3 Å². The first-order chi connectivity index (χ1) is 30.0. The topological polar surface area (TPSA) is 78.9 Å². The standard InChI is InChI=1S/C55H94O6/c1-4-7-10-13-16-19-21-23-25-27-28-30-31-33-36-39-42-45-48-54(57)60-51-52(50-59-53(56)47-44-41-38-35-18-15-12-9-6-3)61-55(58)49-46-43-40-37-34-32-29-26-24-22-20-17-14-11-8-5-2/h10,13,16,19,21,23,25,27-28,30,35,38,52H,4-9,11-12,14-15,17-18,20,22,24,26,29,31-34,36-37,39-51H2,1-3H3/b13-10-,19-16-,23-21-,27-25-,30-28-,38-35-. The van der Waals surface area contributed by atoms with Gasteiger partial charge in [0.2, 0.25) is 0 Å². The number of hydrogen-bond donors (Lipinski definition) is 0. The third-order valence-corrected chi connectivity index (χ3v) is 10.8. The van der Waals surface area contributed by atoms with Gasteiger partial charge in [-0.2, -0.15) is 0 Å². The van der Waals surface area contributed by atoms with E-state index in [1.165, 1.54) is 116 Å². The zero-order valence-electron chi connectivity index (χ0n) is 39.9. The summed E-state index contributed by atoms with van der Waals surface area (Å²) in [7, 11) is 0. The van der Waals surface area contributed by atoms with E-state index in [0.29, 0.717) is 25.7 Å². The zero-order chi connectivity index (χ0) is 44.4. The van der Waals surface area contributed by atoms with Crippen LogP contribution < -0.4 is 0 Å². The maximum Gasteiger partial charge on any atom is 0.306 e. The molecule has 0 bridgehead atoms. The lowest BCUT2D eigenvalue weighted by Crippen LogP contribution is -2.30. The van der Waals surface area contributed by atoms with Crippen molar-refractivity contribution in [2.45, 2.75) is 245 Å². The van der Waals surface area contributed by atoms with Crippen LogP contribution in [0, 0.1) is 0 Å². The third-order valence-electron chi connectivity index (χ3n) is 10.8. The highest BCUT2D eigenvalue weighted by molar-refractivity contribution is 5.71. The molecule has 0 fully saturated rings. The highest BCUT2D eigenvalue weighted by Gasteiger charge is 2.19. The molecule has 0 aromatic carbocycles. The molecule has 1 atom stereocenters. The molecule has 0 saturated carbocycles. The molecule has 350 valence electrons. The van der Waals surface area contributed by atoms with Gasteiger partial charge in [0.25, 0.3) is 0 Å². The largest absolute Gasteiger partial charge is 0.462 e. The summed E-state index contributed by atoms with van der Waals surface area (Å²) in [5.41, 5.74) is 0. The van der Waals surface area contributed by atoms with Crippen molar-refractivity contribution >= 4 is 17.9 Å². The first-order valence-electron chi connectivity index (χ1n) is 25.5. The van der Waals surface area contributed by atoms with E-state index in [9.17, 15) is 14.4 Å². The summed E-state index contributed by atoms with van der Waals surface area (Å²) in [5, 5.41) is 0. The summed E-state index contributed by atoms with van der Waals surface area (Å²) >= 11 is 0. The second-order valence-corrected chi connectivity index (χ2v) is 16.9. The quantitative estimate of drug-likeness (QED) is 0.0200. The molecule has 61 heavy (non-hydrogen) atoms.